The summed E-state index contributed by atoms with van der Waals surface area (Å²) in [7, 11) is -10.0. The number of esters is 4. The summed E-state index contributed by atoms with van der Waals surface area (Å²) >= 11 is 0. The fraction of sp³-hybridized carbons (Fsp3) is 0.586. The van der Waals surface area contributed by atoms with E-state index in [1.165, 1.54) is 0 Å². The first kappa shape index (κ1) is 99.9. The number of hydrogen-bond acceptors (Lipinski definition) is 15. The van der Waals surface area contributed by atoms with Gasteiger partial charge in [0.15, 0.2) is 12.2 Å². The molecule has 0 spiro atoms. The minimum Gasteiger partial charge on any atom is -0.462 e. The molecule has 0 fully saturated rings. The number of phosphoric acid groups is 2. The molecule has 19 heteroatoms. The molecule has 106 heavy (non-hydrogen) atoms. The van der Waals surface area contributed by atoms with Gasteiger partial charge in [0.1, 0.15) is 19.3 Å². The van der Waals surface area contributed by atoms with E-state index in [0.29, 0.717) is 32.1 Å². The number of carbonyl (C=O) groups excluding carboxylic acids is 4. The smallest absolute Gasteiger partial charge is 0.462 e. The van der Waals surface area contributed by atoms with E-state index in [1.807, 2.05) is 18.2 Å². The third-order valence-corrected chi connectivity index (χ3v) is 17.4. The Balaban J connectivity index is 5.51. The van der Waals surface area contributed by atoms with Crippen LogP contribution in [0.4, 0.5) is 0 Å². The van der Waals surface area contributed by atoms with Crippen molar-refractivity contribution in [1.29, 1.82) is 0 Å². The lowest BCUT2D eigenvalue weighted by Crippen LogP contribution is -2.30. The molecule has 0 aliphatic heterocycles. The average molecular weight is 1520 g/mol. The van der Waals surface area contributed by atoms with E-state index >= 15 is 0 Å². The molecule has 5 atom stereocenters. The summed E-state index contributed by atoms with van der Waals surface area (Å²) in [5, 5.41) is 10.6. The Kier molecular flexibility index (Phi) is 72.6. The number of unbranched alkanes of at least 4 members (excludes halogenated alkanes) is 14. The van der Waals surface area contributed by atoms with Crippen molar-refractivity contribution in [3.05, 3.63) is 194 Å². The van der Waals surface area contributed by atoms with Crippen molar-refractivity contribution in [3.63, 3.8) is 0 Å². The molecule has 0 aliphatic rings. The van der Waals surface area contributed by atoms with Crippen LogP contribution in [0, 0.1) is 0 Å². The van der Waals surface area contributed by atoms with Gasteiger partial charge in [-0.25, -0.2) is 9.13 Å². The van der Waals surface area contributed by atoms with Gasteiger partial charge in [0.2, 0.25) is 0 Å². The Morgan fingerprint density at radius 2 is 0.509 bits per heavy atom. The molecule has 0 aromatic carbocycles. The number of aliphatic hydroxyl groups excluding tert-OH is 1. The second kappa shape index (κ2) is 77.1. The predicted molar refractivity (Wildman–Crippen MR) is 436 cm³/mol. The molecule has 17 nitrogen and oxygen atoms in total. The lowest BCUT2D eigenvalue weighted by atomic mass is 10.1. The SMILES string of the molecule is CC/C=C\C/C=C\C/C=C\C/C=C\C/C=C\C/C=C\CCC(=O)OCC(COP(=O)(O)OCC(O)COP(=O)(O)OCC(COC(=O)CCCC/C=C\C/C=C\C/C=C\C/C=C\CC)OC(=O)CCCCCCC/C=C\C/C=C\CCC)OC(=O)CCCCCCCC/C=C\C/C=C\C/C=C\C/C=C\CC. The summed E-state index contributed by atoms with van der Waals surface area (Å²) in [6, 6.07) is 0. The van der Waals surface area contributed by atoms with Gasteiger partial charge in [0.05, 0.1) is 26.4 Å². The average Bonchev–Trinajstić information content (AvgIpc) is 0.903. The first-order chi connectivity index (χ1) is 51.7. The summed E-state index contributed by atoms with van der Waals surface area (Å²) in [5.74, 6) is -2.37. The molecule has 0 saturated carbocycles. The van der Waals surface area contributed by atoms with Crippen molar-refractivity contribution in [2.24, 2.45) is 0 Å². The van der Waals surface area contributed by atoms with Gasteiger partial charge < -0.3 is 33.8 Å². The van der Waals surface area contributed by atoms with Gasteiger partial charge in [-0.05, 0) is 167 Å². The number of aliphatic hydroxyl groups is 1. The van der Waals surface area contributed by atoms with Crippen LogP contribution in [0.1, 0.15) is 272 Å². The number of allylic oxidation sites excluding steroid dienone is 32. The second-order valence-corrected chi connectivity index (χ2v) is 28.4. The fourth-order valence-electron chi connectivity index (χ4n) is 9.62. The van der Waals surface area contributed by atoms with Gasteiger partial charge in [-0.3, -0.25) is 37.3 Å². The standard InChI is InChI=1S/C87H138O17P2/c1-5-9-13-17-21-25-29-33-36-38-40-42-45-49-52-56-60-64-68-72-85(90)98-78-83(104-87(92)74-70-66-62-58-54-50-46-43-41-39-37-34-30-26-22-18-14-10-6-2)80-102-106(95,96)100-76-81(88)75-99-105(93,94)101-79-82(103-86(91)73-69-65-61-57-53-47-32-28-24-20-16-12-8-4)77-97-84(89)71-67-63-59-55-51-48-44-35-31-27-23-19-15-11-7-3/h9-11,13-16,20-23,25-28,32-37,40-44,49,51-52,55,60,64,81-83,88H,5-8,12,17-19,24,29-31,38-39,45-48,50,53-54,56-59,61-63,65-80H2,1-4H3,(H,93,94)(H,95,96)/b13-9-,14-10-,15-11-,20-16-,25-21-,26-22-,27-23-,32-28-,36-33-,37-34-,42-40-,43-41-,44-35-,52-49-,55-51-,64-60-. The van der Waals surface area contributed by atoms with Crippen LogP contribution in [-0.2, 0) is 65.4 Å². The zero-order chi connectivity index (χ0) is 77.4. The number of rotatable bonds is 72. The first-order valence-corrected chi connectivity index (χ1v) is 42.7. The van der Waals surface area contributed by atoms with E-state index < -0.39 is 97.5 Å². The summed E-state index contributed by atoms with van der Waals surface area (Å²) in [4.78, 5) is 73.0. The van der Waals surface area contributed by atoms with E-state index in [1.54, 1.807) is 0 Å². The Bertz CT molecular complexity index is 2780. The zero-order valence-corrected chi connectivity index (χ0v) is 67.1. The van der Waals surface area contributed by atoms with E-state index in [2.05, 4.69) is 204 Å². The monoisotopic (exact) mass is 1520 g/mol. The van der Waals surface area contributed by atoms with Gasteiger partial charge in [0, 0.05) is 25.7 Å². The summed E-state index contributed by atoms with van der Waals surface area (Å²) in [6.45, 7) is 4.27. The third-order valence-electron chi connectivity index (χ3n) is 15.5. The highest BCUT2D eigenvalue weighted by Crippen LogP contribution is 2.45. The maximum absolute atomic E-state index is 13.1. The van der Waals surface area contributed by atoms with Crippen molar-refractivity contribution in [2.75, 3.05) is 39.6 Å². The molecule has 0 heterocycles. The molecule has 3 N–H and O–H groups in total. The maximum Gasteiger partial charge on any atom is 0.472 e. The molecule has 0 aromatic heterocycles. The van der Waals surface area contributed by atoms with Crippen molar-refractivity contribution < 1.29 is 80.2 Å². The van der Waals surface area contributed by atoms with Crippen molar-refractivity contribution in [3.8, 4) is 0 Å². The van der Waals surface area contributed by atoms with Crippen LogP contribution >= 0.6 is 15.6 Å². The van der Waals surface area contributed by atoms with Crippen molar-refractivity contribution in [1.82, 2.24) is 0 Å². The van der Waals surface area contributed by atoms with Gasteiger partial charge >= 0.3 is 39.5 Å². The molecule has 0 amide bonds. The van der Waals surface area contributed by atoms with Crippen LogP contribution < -0.4 is 0 Å². The topological polar surface area (TPSA) is 237 Å². The van der Waals surface area contributed by atoms with Crippen LogP contribution in [0.15, 0.2) is 194 Å². The van der Waals surface area contributed by atoms with Crippen molar-refractivity contribution >= 4 is 39.5 Å². The predicted octanol–water partition coefficient (Wildman–Crippen LogP) is 23.3. The van der Waals surface area contributed by atoms with Gasteiger partial charge in [-0.2, -0.15) is 0 Å². The third kappa shape index (κ3) is 76.1. The molecule has 0 saturated heterocycles. The van der Waals surface area contributed by atoms with E-state index in [-0.39, 0.29) is 25.7 Å². The molecule has 598 valence electrons. The number of carbonyl (C=O) groups is 4. The number of hydrogen-bond donors (Lipinski definition) is 3. The summed E-state index contributed by atoms with van der Waals surface area (Å²) in [5.41, 5.74) is 0. The second-order valence-electron chi connectivity index (χ2n) is 25.5. The Morgan fingerprint density at radius 3 is 0.830 bits per heavy atom. The largest absolute Gasteiger partial charge is 0.472 e. The van der Waals surface area contributed by atoms with Crippen LogP contribution in [0.3, 0.4) is 0 Å². The molecule has 0 rings (SSSR count). The van der Waals surface area contributed by atoms with Crippen molar-refractivity contribution in [2.45, 2.75) is 290 Å². The lowest BCUT2D eigenvalue weighted by molar-refractivity contribution is -0.161. The minimum absolute atomic E-state index is 0.0239. The highest BCUT2D eigenvalue weighted by Gasteiger charge is 2.30. The molecule has 0 aliphatic carbocycles. The van der Waals surface area contributed by atoms with Crippen LogP contribution in [0.5, 0.6) is 0 Å². The Morgan fingerprint density at radius 1 is 0.274 bits per heavy atom. The maximum atomic E-state index is 13.1. The zero-order valence-electron chi connectivity index (χ0n) is 65.3. The highest BCUT2D eigenvalue weighted by atomic mass is 31.2. The lowest BCUT2D eigenvalue weighted by Gasteiger charge is -2.21. The van der Waals surface area contributed by atoms with E-state index in [0.717, 1.165) is 186 Å². The van der Waals surface area contributed by atoms with E-state index in [4.69, 9.17) is 37.0 Å². The molecular weight excluding hydrogens is 1380 g/mol. The van der Waals surface area contributed by atoms with E-state index in [9.17, 15) is 43.2 Å². The number of phosphoric ester groups is 2. The number of ether oxygens (including phenoxy) is 4. The van der Waals surface area contributed by atoms with Gasteiger partial charge in [0.25, 0.3) is 0 Å². The molecule has 0 radical (unpaired) electrons. The Hall–Kier alpha value is -6.10. The van der Waals surface area contributed by atoms with Crippen LogP contribution in [-0.4, -0.2) is 96.7 Å². The fourth-order valence-corrected chi connectivity index (χ4v) is 11.2. The molecule has 0 aromatic rings. The quantitative estimate of drug-likeness (QED) is 0.0169. The van der Waals surface area contributed by atoms with Crippen LogP contribution in [0.25, 0.3) is 0 Å². The van der Waals surface area contributed by atoms with Gasteiger partial charge in [-0.15, -0.1) is 0 Å². The molecule has 0 bridgehead atoms. The molecular formula is C87H138O17P2. The van der Waals surface area contributed by atoms with Crippen LogP contribution in [0.2, 0.25) is 0 Å². The molecule has 5 unspecified atom stereocenters. The first-order valence-electron chi connectivity index (χ1n) is 39.7. The minimum atomic E-state index is -5.01. The Labute approximate surface area is 640 Å². The van der Waals surface area contributed by atoms with Gasteiger partial charge in [-0.1, -0.05) is 273 Å². The normalized spacial score (nSPS) is 14.9. The summed E-state index contributed by atoms with van der Waals surface area (Å²) in [6.07, 6.45) is 94.3. The summed E-state index contributed by atoms with van der Waals surface area (Å²) < 4.78 is 68.5. The highest BCUT2D eigenvalue weighted by molar-refractivity contribution is 7.47.